The van der Waals surface area contributed by atoms with E-state index in [9.17, 15) is 9.59 Å². The smallest absolute Gasteiger partial charge is 0.328 e. The van der Waals surface area contributed by atoms with E-state index in [1.807, 2.05) is 13.0 Å². The molecule has 2 aromatic heterocycles. The van der Waals surface area contributed by atoms with E-state index in [4.69, 9.17) is 5.11 Å². The molecule has 0 aliphatic rings. The van der Waals surface area contributed by atoms with Gasteiger partial charge in [-0.05, 0) is 37.6 Å². The number of aromatic nitrogens is 3. The van der Waals surface area contributed by atoms with Gasteiger partial charge in [-0.1, -0.05) is 0 Å². The van der Waals surface area contributed by atoms with Crippen LogP contribution in [-0.4, -0.2) is 31.7 Å². The summed E-state index contributed by atoms with van der Waals surface area (Å²) >= 11 is 0. The zero-order valence-corrected chi connectivity index (χ0v) is 11.1. The predicted octanol–water partition coefficient (Wildman–Crippen LogP) is 1.48. The molecule has 0 saturated heterocycles. The monoisotopic (exact) mass is 274 g/mol. The summed E-state index contributed by atoms with van der Waals surface area (Å²) in [6.07, 6.45) is 2.97. The number of carbonyl (C=O) groups excluding carboxylic acids is 1. The molecule has 0 radical (unpaired) electrons. The van der Waals surface area contributed by atoms with Crippen molar-refractivity contribution in [1.29, 1.82) is 0 Å². The van der Waals surface area contributed by atoms with Crippen molar-refractivity contribution in [2.45, 2.75) is 19.9 Å². The molecular formula is C13H14N4O3. The van der Waals surface area contributed by atoms with Crippen molar-refractivity contribution >= 4 is 17.7 Å². The number of hydrogen-bond acceptors (Lipinski definition) is 4. The van der Waals surface area contributed by atoms with Gasteiger partial charge in [0.15, 0.2) is 0 Å². The third-order valence-corrected chi connectivity index (χ3v) is 2.78. The van der Waals surface area contributed by atoms with E-state index in [0.717, 1.165) is 10.2 Å². The van der Waals surface area contributed by atoms with Crippen LogP contribution in [-0.2, 0) is 4.79 Å². The Balaban J connectivity index is 2.22. The van der Waals surface area contributed by atoms with Gasteiger partial charge >= 0.3 is 5.97 Å². The van der Waals surface area contributed by atoms with Crippen LogP contribution in [0.1, 0.15) is 29.0 Å². The van der Waals surface area contributed by atoms with Gasteiger partial charge in [-0.3, -0.25) is 4.79 Å². The summed E-state index contributed by atoms with van der Waals surface area (Å²) in [6.45, 7) is 3.34. The maximum absolute atomic E-state index is 12.1. The molecule has 0 aliphatic carbocycles. The number of amides is 1. The number of carboxylic acids is 1. The Bertz CT molecular complexity index is 651. The molecule has 0 bridgehead atoms. The van der Waals surface area contributed by atoms with E-state index < -0.39 is 17.9 Å². The molecule has 0 aromatic carbocycles. The number of nitrogens with one attached hydrogen (secondary N) is 1. The second kappa shape index (κ2) is 5.52. The van der Waals surface area contributed by atoms with Crippen LogP contribution >= 0.6 is 0 Å². The van der Waals surface area contributed by atoms with Crippen LogP contribution in [0.15, 0.2) is 30.6 Å². The zero-order valence-electron chi connectivity index (χ0n) is 11.1. The van der Waals surface area contributed by atoms with Crippen molar-refractivity contribution in [2.24, 2.45) is 0 Å². The molecule has 7 nitrogen and oxygen atoms in total. The number of aliphatic carboxylic acids is 1. The van der Waals surface area contributed by atoms with Gasteiger partial charge in [-0.2, -0.15) is 5.10 Å². The minimum absolute atomic E-state index is 0.170. The van der Waals surface area contributed by atoms with Gasteiger partial charge in [0.25, 0.3) is 5.91 Å². The van der Waals surface area contributed by atoms with Crippen LogP contribution in [0.25, 0.3) is 0 Å². The topological polar surface area (TPSA) is 97.1 Å². The number of anilines is 1. The standard InChI is InChI=1S/C13H14N4O3/c1-8-3-5-14-11(7-8)16-12(18)10-4-6-15-17(10)9(2)13(19)20/h3-7,9H,1-2H3,(H,19,20)(H,14,16,18). The first-order valence-electron chi connectivity index (χ1n) is 5.99. The van der Waals surface area contributed by atoms with E-state index in [-0.39, 0.29) is 5.69 Å². The number of hydrogen-bond donors (Lipinski definition) is 2. The lowest BCUT2D eigenvalue weighted by atomic mass is 10.3. The summed E-state index contributed by atoms with van der Waals surface area (Å²) in [7, 11) is 0. The Hall–Kier alpha value is -2.70. The molecule has 0 aliphatic heterocycles. The average Bonchev–Trinajstić information content (AvgIpc) is 2.86. The number of nitrogens with zero attached hydrogens (tertiary/aromatic N) is 3. The van der Waals surface area contributed by atoms with E-state index in [1.165, 1.54) is 19.2 Å². The van der Waals surface area contributed by atoms with Gasteiger partial charge in [-0.25, -0.2) is 14.5 Å². The molecule has 104 valence electrons. The van der Waals surface area contributed by atoms with Crippen molar-refractivity contribution in [2.75, 3.05) is 5.32 Å². The summed E-state index contributed by atoms with van der Waals surface area (Å²) in [4.78, 5) is 27.1. The van der Waals surface area contributed by atoms with Gasteiger partial charge in [0.1, 0.15) is 17.6 Å². The third kappa shape index (κ3) is 2.82. The largest absolute Gasteiger partial charge is 0.480 e. The molecule has 2 heterocycles. The molecule has 0 saturated carbocycles. The van der Waals surface area contributed by atoms with Gasteiger partial charge in [-0.15, -0.1) is 0 Å². The lowest BCUT2D eigenvalue weighted by molar-refractivity contribution is -0.140. The first kappa shape index (κ1) is 13.7. The summed E-state index contributed by atoms with van der Waals surface area (Å²) in [5, 5.41) is 15.5. The van der Waals surface area contributed by atoms with Crippen LogP contribution in [0.4, 0.5) is 5.82 Å². The molecule has 0 fully saturated rings. The summed E-state index contributed by atoms with van der Waals surface area (Å²) in [6, 6.07) is 4.08. The number of pyridine rings is 1. The first-order chi connectivity index (χ1) is 9.49. The summed E-state index contributed by atoms with van der Waals surface area (Å²) in [5.41, 5.74) is 1.13. The highest BCUT2D eigenvalue weighted by molar-refractivity contribution is 6.02. The molecular weight excluding hydrogens is 260 g/mol. The maximum Gasteiger partial charge on any atom is 0.328 e. The minimum Gasteiger partial charge on any atom is -0.480 e. The quantitative estimate of drug-likeness (QED) is 0.880. The molecule has 2 rings (SSSR count). The third-order valence-electron chi connectivity index (χ3n) is 2.78. The molecule has 7 heteroatoms. The van der Waals surface area contributed by atoms with Crippen LogP contribution in [0.2, 0.25) is 0 Å². The van der Waals surface area contributed by atoms with Gasteiger partial charge < -0.3 is 10.4 Å². The second-order valence-corrected chi connectivity index (χ2v) is 4.35. The van der Waals surface area contributed by atoms with E-state index >= 15 is 0 Å². The molecule has 2 aromatic rings. The van der Waals surface area contributed by atoms with Gasteiger partial charge in [0.2, 0.25) is 0 Å². The molecule has 1 atom stereocenters. The Morgan fingerprint density at radius 1 is 1.35 bits per heavy atom. The fourth-order valence-electron chi connectivity index (χ4n) is 1.69. The number of rotatable bonds is 4. The van der Waals surface area contributed by atoms with Crippen LogP contribution in [0, 0.1) is 6.92 Å². The summed E-state index contributed by atoms with van der Waals surface area (Å²) < 4.78 is 1.16. The second-order valence-electron chi connectivity index (χ2n) is 4.35. The Labute approximate surface area is 115 Å². The highest BCUT2D eigenvalue weighted by atomic mass is 16.4. The Morgan fingerprint density at radius 2 is 2.10 bits per heavy atom. The zero-order chi connectivity index (χ0) is 14.7. The SMILES string of the molecule is Cc1ccnc(NC(=O)c2ccnn2C(C)C(=O)O)c1. The van der Waals surface area contributed by atoms with Crippen LogP contribution < -0.4 is 5.32 Å². The highest BCUT2D eigenvalue weighted by Gasteiger charge is 2.21. The lowest BCUT2D eigenvalue weighted by Crippen LogP contribution is -2.24. The highest BCUT2D eigenvalue weighted by Crippen LogP contribution is 2.12. The van der Waals surface area contributed by atoms with E-state index in [0.29, 0.717) is 5.82 Å². The first-order valence-corrected chi connectivity index (χ1v) is 5.99. The average molecular weight is 274 g/mol. The predicted molar refractivity (Wildman–Crippen MR) is 71.5 cm³/mol. The van der Waals surface area contributed by atoms with Crippen LogP contribution in [0.3, 0.4) is 0 Å². The molecule has 2 N–H and O–H groups in total. The number of carboxylic acid groups (broad SMARTS) is 1. The van der Waals surface area contributed by atoms with Crippen LogP contribution in [0.5, 0.6) is 0 Å². The van der Waals surface area contributed by atoms with E-state index in [2.05, 4.69) is 15.4 Å². The Morgan fingerprint density at radius 3 is 2.75 bits per heavy atom. The molecule has 0 spiro atoms. The van der Waals surface area contributed by atoms with Crippen molar-refractivity contribution in [3.8, 4) is 0 Å². The number of aryl methyl sites for hydroxylation is 1. The van der Waals surface area contributed by atoms with Gasteiger partial charge in [0.05, 0.1) is 0 Å². The van der Waals surface area contributed by atoms with Gasteiger partial charge in [0, 0.05) is 12.4 Å². The van der Waals surface area contributed by atoms with Crippen molar-refractivity contribution in [3.05, 3.63) is 41.9 Å². The van der Waals surface area contributed by atoms with Crippen molar-refractivity contribution < 1.29 is 14.7 Å². The Kier molecular flexibility index (Phi) is 3.79. The fraction of sp³-hybridized carbons (Fsp3) is 0.231. The van der Waals surface area contributed by atoms with E-state index in [1.54, 1.807) is 12.3 Å². The number of carbonyl (C=O) groups is 2. The molecule has 1 amide bonds. The molecule has 20 heavy (non-hydrogen) atoms. The summed E-state index contributed by atoms with van der Waals surface area (Å²) in [5.74, 6) is -1.10. The van der Waals surface area contributed by atoms with Crippen molar-refractivity contribution in [3.63, 3.8) is 0 Å². The normalized spacial score (nSPS) is 11.9. The maximum atomic E-state index is 12.1. The fourth-order valence-corrected chi connectivity index (χ4v) is 1.69. The lowest BCUT2D eigenvalue weighted by Gasteiger charge is -2.11. The molecule has 1 unspecified atom stereocenters. The minimum atomic E-state index is -1.06. The van der Waals surface area contributed by atoms with Crippen molar-refractivity contribution in [1.82, 2.24) is 14.8 Å².